The third-order valence-electron chi connectivity index (χ3n) is 3.39. The van der Waals surface area contributed by atoms with Crippen molar-refractivity contribution in [2.75, 3.05) is 13.6 Å². The Bertz CT molecular complexity index is 416. The average molecular weight is 252 g/mol. The molecule has 2 unspecified atom stereocenters. The van der Waals surface area contributed by atoms with Gasteiger partial charge in [-0.2, -0.15) is 0 Å². The van der Waals surface area contributed by atoms with Crippen LogP contribution in [0.25, 0.3) is 0 Å². The zero-order valence-electron chi connectivity index (χ0n) is 10.3. The van der Waals surface area contributed by atoms with E-state index in [0.29, 0.717) is 0 Å². The summed E-state index contributed by atoms with van der Waals surface area (Å²) in [7, 11) is 1.86. The number of hydrogen-bond acceptors (Lipinski definition) is 1. The monoisotopic (exact) mass is 251 g/mol. The number of rotatable bonds is 4. The van der Waals surface area contributed by atoms with Gasteiger partial charge in [0.1, 0.15) is 0 Å². The number of halogens is 1. The molecular formula is C14H18ClNO. The molecule has 0 fully saturated rings. The zero-order valence-corrected chi connectivity index (χ0v) is 11.1. The molecule has 1 aromatic rings. The second-order valence-electron chi connectivity index (χ2n) is 4.78. The third kappa shape index (κ3) is 2.63. The number of alkyl halides is 1. The maximum absolute atomic E-state index is 12.2. The van der Waals surface area contributed by atoms with Gasteiger partial charge < -0.3 is 4.90 Å². The van der Waals surface area contributed by atoms with Crippen molar-refractivity contribution < 1.29 is 4.79 Å². The van der Waals surface area contributed by atoms with Crippen LogP contribution in [0.2, 0.25) is 0 Å². The molecule has 1 aliphatic rings. The summed E-state index contributed by atoms with van der Waals surface area (Å²) in [4.78, 5) is 14.0. The molecule has 2 atom stereocenters. The van der Waals surface area contributed by atoms with E-state index in [0.717, 1.165) is 19.4 Å². The normalized spacial score (nSPS) is 19.1. The second kappa shape index (κ2) is 5.09. The molecule has 0 spiro atoms. The first-order chi connectivity index (χ1) is 8.09. The van der Waals surface area contributed by atoms with E-state index in [1.165, 1.54) is 11.1 Å². The van der Waals surface area contributed by atoms with Gasteiger partial charge in [-0.1, -0.05) is 24.3 Å². The largest absolute Gasteiger partial charge is 0.345 e. The van der Waals surface area contributed by atoms with Crippen LogP contribution in [0.5, 0.6) is 0 Å². The maximum Gasteiger partial charge on any atom is 0.230 e. The van der Waals surface area contributed by atoms with Gasteiger partial charge in [0.05, 0.1) is 5.92 Å². The summed E-state index contributed by atoms with van der Waals surface area (Å²) in [6, 6.07) is 8.18. The molecule has 3 heteroatoms. The highest BCUT2D eigenvalue weighted by Gasteiger charge is 2.33. The predicted molar refractivity (Wildman–Crippen MR) is 70.5 cm³/mol. The second-order valence-corrected chi connectivity index (χ2v) is 5.53. The summed E-state index contributed by atoms with van der Waals surface area (Å²) in [5, 5.41) is 0.124. The Kier molecular flexibility index (Phi) is 3.72. The first kappa shape index (κ1) is 12.4. The summed E-state index contributed by atoms with van der Waals surface area (Å²) >= 11 is 5.90. The summed E-state index contributed by atoms with van der Waals surface area (Å²) in [5.74, 6) is 0.294. The van der Waals surface area contributed by atoms with Crippen LogP contribution in [0.4, 0.5) is 0 Å². The van der Waals surface area contributed by atoms with E-state index in [-0.39, 0.29) is 17.2 Å². The molecule has 92 valence electrons. The zero-order chi connectivity index (χ0) is 12.4. The highest BCUT2D eigenvalue weighted by molar-refractivity contribution is 6.20. The van der Waals surface area contributed by atoms with Crippen LogP contribution in [0.15, 0.2) is 24.3 Å². The Morgan fingerprint density at radius 3 is 2.88 bits per heavy atom. The SMILES string of the molecule is CC(Cl)CCN(C)C(=O)C1Cc2ccccc21. The Morgan fingerprint density at radius 2 is 2.24 bits per heavy atom. The van der Waals surface area contributed by atoms with Crippen LogP contribution < -0.4 is 0 Å². The molecule has 0 heterocycles. The van der Waals surface area contributed by atoms with Gasteiger partial charge in [-0.05, 0) is 30.9 Å². The van der Waals surface area contributed by atoms with Gasteiger partial charge in [-0.15, -0.1) is 11.6 Å². The quantitative estimate of drug-likeness (QED) is 0.754. The lowest BCUT2D eigenvalue weighted by molar-refractivity contribution is -0.132. The average Bonchev–Trinajstić information content (AvgIpc) is 2.27. The lowest BCUT2D eigenvalue weighted by atomic mass is 9.77. The lowest BCUT2D eigenvalue weighted by Gasteiger charge is -2.32. The topological polar surface area (TPSA) is 20.3 Å². The fourth-order valence-corrected chi connectivity index (χ4v) is 2.32. The summed E-state index contributed by atoms with van der Waals surface area (Å²) in [6.07, 6.45) is 1.73. The van der Waals surface area contributed by atoms with Crippen molar-refractivity contribution in [3.63, 3.8) is 0 Å². The Labute approximate surface area is 108 Å². The minimum Gasteiger partial charge on any atom is -0.345 e. The van der Waals surface area contributed by atoms with Gasteiger partial charge in [-0.3, -0.25) is 4.79 Å². The van der Waals surface area contributed by atoms with Crippen molar-refractivity contribution in [1.29, 1.82) is 0 Å². The minimum atomic E-state index is 0.0711. The van der Waals surface area contributed by atoms with Crippen LogP contribution in [0.1, 0.15) is 30.4 Å². The third-order valence-corrected chi connectivity index (χ3v) is 3.61. The summed E-state index contributed by atoms with van der Waals surface area (Å²) in [5.41, 5.74) is 2.51. The molecular weight excluding hydrogens is 234 g/mol. The standard InChI is InChI=1S/C14H18ClNO/c1-10(15)7-8-16(2)14(17)13-9-11-5-3-4-6-12(11)13/h3-6,10,13H,7-9H2,1-2H3. The molecule has 0 aliphatic heterocycles. The summed E-state index contributed by atoms with van der Waals surface area (Å²) < 4.78 is 0. The Balaban J connectivity index is 1.94. The van der Waals surface area contributed by atoms with Gasteiger partial charge in [-0.25, -0.2) is 0 Å². The molecule has 2 nitrogen and oxygen atoms in total. The number of carbonyl (C=O) groups excluding carboxylic acids is 1. The molecule has 0 aromatic heterocycles. The van der Waals surface area contributed by atoms with Crippen LogP contribution in [0.3, 0.4) is 0 Å². The lowest BCUT2D eigenvalue weighted by Crippen LogP contribution is -2.37. The fraction of sp³-hybridized carbons (Fsp3) is 0.500. The van der Waals surface area contributed by atoms with E-state index in [2.05, 4.69) is 12.1 Å². The van der Waals surface area contributed by atoms with Crippen LogP contribution >= 0.6 is 11.6 Å². The Hall–Kier alpha value is -1.02. The van der Waals surface area contributed by atoms with Gasteiger partial charge in [0.2, 0.25) is 5.91 Å². The molecule has 17 heavy (non-hydrogen) atoms. The highest BCUT2D eigenvalue weighted by Crippen LogP contribution is 2.35. The van der Waals surface area contributed by atoms with Crippen molar-refractivity contribution in [2.24, 2.45) is 0 Å². The van der Waals surface area contributed by atoms with Crippen molar-refractivity contribution in [3.05, 3.63) is 35.4 Å². The molecule has 1 amide bonds. The van der Waals surface area contributed by atoms with E-state index >= 15 is 0 Å². The van der Waals surface area contributed by atoms with Crippen molar-refractivity contribution >= 4 is 17.5 Å². The van der Waals surface area contributed by atoms with E-state index in [1.54, 1.807) is 4.90 Å². The van der Waals surface area contributed by atoms with Crippen molar-refractivity contribution in [3.8, 4) is 0 Å². The van der Waals surface area contributed by atoms with E-state index in [1.807, 2.05) is 26.1 Å². The molecule has 1 aliphatic carbocycles. The number of likely N-dealkylation sites (N-methyl/N-ethyl adjacent to an activating group) is 1. The van der Waals surface area contributed by atoms with E-state index in [9.17, 15) is 4.79 Å². The van der Waals surface area contributed by atoms with Gasteiger partial charge in [0.15, 0.2) is 0 Å². The van der Waals surface area contributed by atoms with E-state index < -0.39 is 0 Å². The fourth-order valence-electron chi connectivity index (χ4n) is 2.23. The van der Waals surface area contributed by atoms with E-state index in [4.69, 9.17) is 11.6 Å². The first-order valence-corrected chi connectivity index (χ1v) is 6.50. The number of carbonyl (C=O) groups is 1. The smallest absolute Gasteiger partial charge is 0.230 e. The van der Waals surface area contributed by atoms with Crippen LogP contribution in [0, 0.1) is 0 Å². The Morgan fingerprint density at radius 1 is 1.53 bits per heavy atom. The molecule has 0 saturated carbocycles. The highest BCUT2D eigenvalue weighted by atomic mass is 35.5. The van der Waals surface area contributed by atoms with Crippen molar-refractivity contribution in [2.45, 2.75) is 31.1 Å². The number of hydrogen-bond donors (Lipinski definition) is 0. The molecule has 0 N–H and O–H groups in total. The number of amides is 1. The maximum atomic E-state index is 12.2. The molecule has 2 rings (SSSR count). The van der Waals surface area contributed by atoms with Crippen LogP contribution in [-0.2, 0) is 11.2 Å². The minimum absolute atomic E-state index is 0.0711. The number of nitrogens with zero attached hydrogens (tertiary/aromatic N) is 1. The molecule has 0 bridgehead atoms. The van der Waals surface area contributed by atoms with Crippen LogP contribution in [-0.4, -0.2) is 29.8 Å². The van der Waals surface area contributed by atoms with Gasteiger partial charge in [0.25, 0.3) is 0 Å². The number of benzene rings is 1. The molecule has 0 saturated heterocycles. The number of fused-ring (bicyclic) bond motifs is 1. The molecule has 1 aromatic carbocycles. The predicted octanol–water partition coefficient (Wildman–Crippen LogP) is 2.80. The van der Waals surface area contributed by atoms with Gasteiger partial charge >= 0.3 is 0 Å². The van der Waals surface area contributed by atoms with Crippen molar-refractivity contribution in [1.82, 2.24) is 4.90 Å². The molecule has 0 radical (unpaired) electrons. The first-order valence-electron chi connectivity index (χ1n) is 6.06. The van der Waals surface area contributed by atoms with Gasteiger partial charge in [0, 0.05) is 19.0 Å². The summed E-state index contributed by atoms with van der Waals surface area (Å²) in [6.45, 7) is 2.70.